The van der Waals surface area contributed by atoms with Crippen LogP contribution in [0.15, 0.2) is 21.6 Å². The average Bonchev–Trinajstić information content (AvgIpc) is 3.08. The van der Waals surface area contributed by atoms with Crippen LogP contribution in [-0.4, -0.2) is 32.8 Å². The summed E-state index contributed by atoms with van der Waals surface area (Å²) in [5.74, 6) is 0.832. The Morgan fingerprint density at radius 2 is 1.92 bits per heavy atom. The minimum atomic E-state index is -3.60. The molecule has 1 heterocycles. The summed E-state index contributed by atoms with van der Waals surface area (Å²) in [5, 5.41) is -0.139. The molecule has 6 nitrogen and oxygen atoms in total. The molecular formula is C18H29NO5S. The van der Waals surface area contributed by atoms with Gasteiger partial charge in [0.2, 0.25) is 5.09 Å². The third-order valence-electron chi connectivity index (χ3n) is 4.87. The highest BCUT2D eigenvalue weighted by Crippen LogP contribution is 2.32. The minimum absolute atomic E-state index is 0.0302. The van der Waals surface area contributed by atoms with E-state index in [9.17, 15) is 13.2 Å². The van der Waals surface area contributed by atoms with Crippen LogP contribution < -0.4 is 0 Å². The number of hydrogen-bond donors (Lipinski definition) is 0. The van der Waals surface area contributed by atoms with E-state index < -0.39 is 10.0 Å². The lowest BCUT2D eigenvalue weighted by Gasteiger charge is -2.27. The Labute approximate surface area is 150 Å². The highest BCUT2D eigenvalue weighted by molar-refractivity contribution is 7.88. The van der Waals surface area contributed by atoms with Gasteiger partial charge in [-0.3, -0.25) is 4.79 Å². The number of nitrogens with zero attached hydrogens (tertiary/aromatic N) is 1. The van der Waals surface area contributed by atoms with Crippen molar-refractivity contribution >= 4 is 16.0 Å². The molecule has 1 saturated carbocycles. The van der Waals surface area contributed by atoms with Gasteiger partial charge in [0, 0.05) is 14.1 Å². The van der Waals surface area contributed by atoms with Crippen LogP contribution in [0.4, 0.5) is 0 Å². The topological polar surface area (TPSA) is 76.8 Å². The summed E-state index contributed by atoms with van der Waals surface area (Å²) in [5.41, 5.74) is 0. The summed E-state index contributed by atoms with van der Waals surface area (Å²) in [6.07, 6.45) is 7.68. The van der Waals surface area contributed by atoms with Crippen molar-refractivity contribution in [3.8, 4) is 0 Å². The molecular weight excluding hydrogens is 342 g/mol. The van der Waals surface area contributed by atoms with Crippen LogP contribution in [0, 0.1) is 11.8 Å². The molecule has 142 valence electrons. The third-order valence-corrected chi connectivity index (χ3v) is 6.56. The molecule has 0 unspecified atom stereocenters. The summed E-state index contributed by atoms with van der Waals surface area (Å²) in [6.45, 7) is 2.17. The summed E-state index contributed by atoms with van der Waals surface area (Å²) in [4.78, 5) is 12.2. The second-order valence-electron chi connectivity index (χ2n) is 6.98. The molecule has 0 aromatic carbocycles. The Bertz CT molecular complexity index is 657. The standard InChI is InChI=1S/C18H29NO5S/c1-4-5-6-14-7-9-15(10-8-14)18(20)23-13-16-11-12-17(24-16)25(21,22)19(2)3/h11-12,14-15H,4-10,13H2,1-3H3. The second-order valence-corrected chi connectivity index (χ2v) is 9.06. The van der Waals surface area contributed by atoms with Gasteiger partial charge in [-0.1, -0.05) is 26.2 Å². The Morgan fingerprint density at radius 1 is 1.24 bits per heavy atom. The van der Waals surface area contributed by atoms with Gasteiger partial charge in [0.15, 0.2) is 0 Å². The number of sulfonamides is 1. The first-order valence-corrected chi connectivity index (χ1v) is 10.5. The third kappa shape index (κ3) is 5.31. The zero-order chi connectivity index (χ0) is 18.4. The van der Waals surface area contributed by atoms with Crippen molar-refractivity contribution in [2.45, 2.75) is 63.6 Å². The van der Waals surface area contributed by atoms with Gasteiger partial charge in [-0.15, -0.1) is 0 Å². The van der Waals surface area contributed by atoms with Crippen LogP contribution in [0.3, 0.4) is 0 Å². The number of esters is 1. The number of ether oxygens (including phenoxy) is 1. The maximum atomic E-state index is 12.2. The van der Waals surface area contributed by atoms with Gasteiger partial charge in [0.05, 0.1) is 5.92 Å². The van der Waals surface area contributed by atoms with Crippen molar-refractivity contribution in [3.63, 3.8) is 0 Å². The van der Waals surface area contributed by atoms with Crippen LogP contribution in [-0.2, 0) is 26.2 Å². The van der Waals surface area contributed by atoms with Gasteiger partial charge in [-0.05, 0) is 43.7 Å². The summed E-state index contributed by atoms with van der Waals surface area (Å²) in [7, 11) is -0.725. The molecule has 1 fully saturated rings. The number of hydrogen-bond acceptors (Lipinski definition) is 5. The van der Waals surface area contributed by atoms with Crippen molar-refractivity contribution in [1.82, 2.24) is 4.31 Å². The molecule has 0 spiro atoms. The highest BCUT2D eigenvalue weighted by atomic mass is 32.2. The fourth-order valence-electron chi connectivity index (χ4n) is 3.19. The predicted molar refractivity (Wildman–Crippen MR) is 94.3 cm³/mol. The summed E-state index contributed by atoms with van der Waals surface area (Å²) in [6, 6.07) is 2.92. The van der Waals surface area contributed by atoms with Crippen molar-refractivity contribution in [2.75, 3.05) is 14.1 Å². The van der Waals surface area contributed by atoms with Crippen molar-refractivity contribution in [3.05, 3.63) is 17.9 Å². The largest absolute Gasteiger partial charge is 0.457 e. The Kier molecular flexibility index (Phi) is 7.07. The first-order chi connectivity index (χ1) is 11.8. The average molecular weight is 371 g/mol. The lowest BCUT2D eigenvalue weighted by atomic mass is 9.80. The summed E-state index contributed by atoms with van der Waals surface area (Å²) >= 11 is 0. The number of carbonyl (C=O) groups excluding carboxylic acids is 1. The van der Waals surface area contributed by atoms with E-state index in [0.717, 1.165) is 35.9 Å². The quantitative estimate of drug-likeness (QED) is 0.653. The van der Waals surface area contributed by atoms with Crippen LogP contribution in [0.1, 0.15) is 57.6 Å². The first kappa shape index (κ1) is 20.0. The van der Waals surface area contributed by atoms with E-state index >= 15 is 0 Å². The Balaban J connectivity index is 1.80. The number of rotatable bonds is 8. The van der Waals surface area contributed by atoms with E-state index in [0.29, 0.717) is 5.76 Å². The Hall–Kier alpha value is -1.34. The SMILES string of the molecule is CCCCC1CCC(C(=O)OCc2ccc(S(=O)(=O)N(C)C)o2)CC1. The zero-order valence-corrected chi connectivity index (χ0v) is 16.2. The van der Waals surface area contributed by atoms with Crippen LogP contribution in [0.5, 0.6) is 0 Å². The molecule has 1 aliphatic carbocycles. The first-order valence-electron chi connectivity index (χ1n) is 9.02. The van der Waals surface area contributed by atoms with Gasteiger partial charge in [-0.2, -0.15) is 0 Å². The molecule has 0 amide bonds. The molecule has 0 N–H and O–H groups in total. The van der Waals surface area contributed by atoms with Gasteiger partial charge in [0.1, 0.15) is 12.4 Å². The fourth-order valence-corrected chi connectivity index (χ4v) is 4.01. The van der Waals surface area contributed by atoms with Crippen LogP contribution in [0.2, 0.25) is 0 Å². The van der Waals surface area contributed by atoms with E-state index in [1.165, 1.54) is 45.5 Å². The van der Waals surface area contributed by atoms with Crippen LogP contribution in [0.25, 0.3) is 0 Å². The van der Waals surface area contributed by atoms with E-state index in [2.05, 4.69) is 6.92 Å². The van der Waals surface area contributed by atoms with Gasteiger partial charge >= 0.3 is 5.97 Å². The molecule has 1 aromatic rings. The lowest BCUT2D eigenvalue weighted by molar-refractivity contribution is -0.152. The molecule has 0 saturated heterocycles. The van der Waals surface area contributed by atoms with Gasteiger partial charge in [-0.25, -0.2) is 12.7 Å². The van der Waals surface area contributed by atoms with Gasteiger partial charge < -0.3 is 9.15 Å². The van der Waals surface area contributed by atoms with Crippen LogP contribution >= 0.6 is 0 Å². The Morgan fingerprint density at radius 3 is 2.52 bits per heavy atom. The molecule has 0 bridgehead atoms. The number of carbonyl (C=O) groups is 1. The molecule has 7 heteroatoms. The fraction of sp³-hybridized carbons (Fsp3) is 0.722. The van der Waals surface area contributed by atoms with E-state index in [1.54, 1.807) is 0 Å². The van der Waals surface area contributed by atoms with Crippen molar-refractivity contribution < 1.29 is 22.4 Å². The molecule has 25 heavy (non-hydrogen) atoms. The molecule has 2 rings (SSSR count). The van der Waals surface area contributed by atoms with Crippen molar-refractivity contribution in [1.29, 1.82) is 0 Å². The number of unbranched alkanes of at least 4 members (excludes halogenated alkanes) is 1. The molecule has 0 atom stereocenters. The lowest BCUT2D eigenvalue weighted by Crippen LogP contribution is -2.23. The molecule has 0 aliphatic heterocycles. The van der Waals surface area contributed by atoms with E-state index in [-0.39, 0.29) is 23.6 Å². The van der Waals surface area contributed by atoms with Gasteiger partial charge in [0.25, 0.3) is 10.0 Å². The molecule has 0 radical (unpaired) electrons. The summed E-state index contributed by atoms with van der Waals surface area (Å²) < 4.78 is 35.6. The smallest absolute Gasteiger partial charge is 0.309 e. The minimum Gasteiger partial charge on any atom is -0.457 e. The van der Waals surface area contributed by atoms with E-state index in [4.69, 9.17) is 9.15 Å². The molecule has 1 aromatic heterocycles. The monoisotopic (exact) mass is 371 g/mol. The maximum Gasteiger partial charge on any atom is 0.309 e. The normalized spacial score (nSPS) is 21.4. The second kappa shape index (κ2) is 8.85. The zero-order valence-electron chi connectivity index (χ0n) is 15.4. The highest BCUT2D eigenvalue weighted by Gasteiger charge is 2.27. The van der Waals surface area contributed by atoms with E-state index in [1.807, 2.05) is 0 Å². The maximum absolute atomic E-state index is 12.2. The van der Waals surface area contributed by atoms with Crippen molar-refractivity contribution in [2.24, 2.45) is 11.8 Å². The number of furan rings is 1. The predicted octanol–water partition coefficient (Wildman–Crippen LogP) is 3.57. The molecule has 1 aliphatic rings.